The number of hydrogen-bond acceptors (Lipinski definition) is 3. The zero-order valence-electron chi connectivity index (χ0n) is 17.3. The average Bonchev–Trinajstić information content (AvgIpc) is 2.71. The van der Waals surface area contributed by atoms with Crippen molar-refractivity contribution in [2.45, 2.75) is 13.8 Å². The lowest BCUT2D eigenvalue weighted by atomic mass is 10.0. The van der Waals surface area contributed by atoms with Gasteiger partial charge < -0.3 is 15.5 Å². The molecule has 0 fully saturated rings. The summed E-state index contributed by atoms with van der Waals surface area (Å²) in [6.45, 7) is 4.69. The maximum Gasteiger partial charge on any atom is 0.256 e. The Bertz CT molecular complexity index is 1040. The van der Waals surface area contributed by atoms with E-state index in [2.05, 4.69) is 10.6 Å². The molecule has 0 bridgehead atoms. The molecule has 0 aliphatic rings. The molecule has 0 aliphatic heterocycles. The van der Waals surface area contributed by atoms with Gasteiger partial charge >= 0.3 is 0 Å². The van der Waals surface area contributed by atoms with Crippen LogP contribution >= 0.6 is 0 Å². The van der Waals surface area contributed by atoms with Gasteiger partial charge in [-0.15, -0.1) is 0 Å². The number of nitrogens with zero attached hydrogens (tertiary/aromatic N) is 1. The van der Waals surface area contributed by atoms with E-state index in [4.69, 9.17) is 0 Å². The molecular formula is C24H27N3O2. The van der Waals surface area contributed by atoms with Crippen LogP contribution < -0.4 is 15.5 Å². The zero-order chi connectivity index (χ0) is 21.0. The minimum atomic E-state index is -0.201. The van der Waals surface area contributed by atoms with Gasteiger partial charge in [0, 0.05) is 37.6 Å². The van der Waals surface area contributed by atoms with E-state index in [-0.39, 0.29) is 11.8 Å². The molecular weight excluding hydrogens is 362 g/mol. The van der Waals surface area contributed by atoms with E-state index < -0.39 is 0 Å². The molecule has 0 radical (unpaired) electrons. The molecule has 0 atom stereocenters. The summed E-state index contributed by atoms with van der Waals surface area (Å²) in [5.74, 6) is 0.00704. The number of nitrogens with one attached hydrogen (secondary N) is 2. The molecule has 0 aliphatic carbocycles. The molecule has 2 amide bonds. The molecule has 3 aromatic rings. The number of fused-ring (bicyclic) bond motifs is 1. The standard InChI is InChI=1S/C24H27N3O2/c1-16(2)15-25-23(28)21-14-18(12-13-22(21)27(3)4)26-24(29)20-11-7-9-17-8-5-6-10-19(17)20/h5-14,16H,15H2,1-4H3,(H,25,28)(H,26,29). The van der Waals surface area contributed by atoms with E-state index in [0.717, 1.165) is 16.5 Å². The normalized spacial score (nSPS) is 10.8. The molecule has 2 N–H and O–H groups in total. The lowest BCUT2D eigenvalue weighted by Crippen LogP contribution is -2.29. The highest BCUT2D eigenvalue weighted by Crippen LogP contribution is 2.25. The minimum Gasteiger partial charge on any atom is -0.377 e. The second kappa shape index (κ2) is 8.78. The SMILES string of the molecule is CC(C)CNC(=O)c1cc(NC(=O)c2cccc3ccccc23)ccc1N(C)C. The van der Waals surface area contributed by atoms with Crippen molar-refractivity contribution in [3.05, 3.63) is 71.8 Å². The van der Waals surface area contributed by atoms with E-state index in [1.165, 1.54) is 0 Å². The van der Waals surface area contributed by atoms with Crippen molar-refractivity contribution in [2.75, 3.05) is 30.9 Å². The highest BCUT2D eigenvalue weighted by Gasteiger charge is 2.16. The molecule has 3 aromatic carbocycles. The molecule has 5 heteroatoms. The first-order valence-electron chi connectivity index (χ1n) is 9.75. The summed E-state index contributed by atoms with van der Waals surface area (Å²) in [7, 11) is 3.78. The molecule has 150 valence electrons. The minimum absolute atomic E-state index is 0.149. The van der Waals surface area contributed by atoms with Crippen LogP contribution in [0.5, 0.6) is 0 Å². The van der Waals surface area contributed by atoms with Gasteiger partial charge in [0.05, 0.1) is 5.56 Å². The van der Waals surface area contributed by atoms with Gasteiger partial charge in [-0.05, 0) is 41.0 Å². The maximum absolute atomic E-state index is 12.9. The van der Waals surface area contributed by atoms with Gasteiger partial charge in [0.1, 0.15) is 0 Å². The molecule has 0 saturated carbocycles. The van der Waals surface area contributed by atoms with E-state index in [9.17, 15) is 9.59 Å². The molecule has 0 spiro atoms. The number of anilines is 2. The summed E-state index contributed by atoms with van der Waals surface area (Å²) in [6.07, 6.45) is 0. The van der Waals surface area contributed by atoms with Crippen LogP contribution in [0.3, 0.4) is 0 Å². The van der Waals surface area contributed by atoms with Crippen molar-refractivity contribution >= 4 is 34.0 Å². The Morgan fingerprint density at radius 1 is 0.897 bits per heavy atom. The molecule has 0 aromatic heterocycles. The Morgan fingerprint density at radius 2 is 1.62 bits per heavy atom. The second-order valence-corrected chi connectivity index (χ2v) is 7.71. The summed E-state index contributed by atoms with van der Waals surface area (Å²) < 4.78 is 0. The Balaban J connectivity index is 1.89. The second-order valence-electron chi connectivity index (χ2n) is 7.71. The van der Waals surface area contributed by atoms with E-state index in [1.54, 1.807) is 6.07 Å². The van der Waals surface area contributed by atoms with E-state index in [0.29, 0.717) is 29.3 Å². The highest BCUT2D eigenvalue weighted by atomic mass is 16.2. The van der Waals surface area contributed by atoms with Crippen LogP contribution in [0.25, 0.3) is 10.8 Å². The van der Waals surface area contributed by atoms with Crippen molar-refractivity contribution in [3.63, 3.8) is 0 Å². The monoisotopic (exact) mass is 389 g/mol. The van der Waals surface area contributed by atoms with Crippen LogP contribution in [0.1, 0.15) is 34.6 Å². The highest BCUT2D eigenvalue weighted by molar-refractivity contribution is 6.13. The van der Waals surface area contributed by atoms with Gasteiger partial charge in [-0.2, -0.15) is 0 Å². The number of carbonyl (C=O) groups excluding carboxylic acids is 2. The quantitative estimate of drug-likeness (QED) is 0.650. The molecule has 0 unspecified atom stereocenters. The lowest BCUT2D eigenvalue weighted by Gasteiger charge is -2.19. The summed E-state index contributed by atoms with van der Waals surface area (Å²) in [5.41, 5.74) is 2.52. The van der Waals surface area contributed by atoms with Gasteiger partial charge in [-0.3, -0.25) is 9.59 Å². The van der Waals surface area contributed by atoms with Gasteiger partial charge in [0.2, 0.25) is 0 Å². The van der Waals surface area contributed by atoms with Gasteiger partial charge in [-0.25, -0.2) is 0 Å². The summed E-state index contributed by atoms with van der Waals surface area (Å²) in [5, 5.41) is 7.80. The Morgan fingerprint density at radius 3 is 2.34 bits per heavy atom. The van der Waals surface area contributed by atoms with Crippen LogP contribution in [0.2, 0.25) is 0 Å². The molecule has 3 rings (SSSR count). The van der Waals surface area contributed by atoms with Gasteiger partial charge in [0.25, 0.3) is 11.8 Å². The van der Waals surface area contributed by atoms with Crippen molar-refractivity contribution in [3.8, 4) is 0 Å². The van der Waals surface area contributed by atoms with Gasteiger partial charge in [0.15, 0.2) is 0 Å². The fourth-order valence-corrected chi connectivity index (χ4v) is 3.20. The topological polar surface area (TPSA) is 61.4 Å². The largest absolute Gasteiger partial charge is 0.377 e. The van der Waals surface area contributed by atoms with E-state index in [1.807, 2.05) is 87.4 Å². The van der Waals surface area contributed by atoms with Crippen LogP contribution in [0.4, 0.5) is 11.4 Å². The number of benzene rings is 3. The first kappa shape index (κ1) is 20.4. The fourth-order valence-electron chi connectivity index (χ4n) is 3.20. The summed E-state index contributed by atoms with van der Waals surface area (Å²) in [6, 6.07) is 18.8. The van der Waals surface area contributed by atoms with Crippen LogP contribution in [0, 0.1) is 5.92 Å². The van der Waals surface area contributed by atoms with Crippen LogP contribution in [-0.4, -0.2) is 32.5 Å². The first-order valence-corrected chi connectivity index (χ1v) is 9.75. The Kier molecular flexibility index (Phi) is 6.17. The Labute approximate surface area is 171 Å². The van der Waals surface area contributed by atoms with Crippen LogP contribution in [0.15, 0.2) is 60.7 Å². The predicted octanol–water partition coefficient (Wildman–Crippen LogP) is 4.54. The third-order valence-electron chi connectivity index (χ3n) is 4.69. The smallest absolute Gasteiger partial charge is 0.256 e. The average molecular weight is 389 g/mol. The van der Waals surface area contributed by atoms with Gasteiger partial charge in [-0.1, -0.05) is 50.2 Å². The molecule has 5 nitrogen and oxygen atoms in total. The summed E-state index contributed by atoms with van der Waals surface area (Å²) in [4.78, 5) is 27.5. The number of hydrogen-bond donors (Lipinski definition) is 2. The third kappa shape index (κ3) is 4.74. The van der Waals surface area contributed by atoms with Crippen LogP contribution in [-0.2, 0) is 0 Å². The fraction of sp³-hybridized carbons (Fsp3) is 0.250. The first-order chi connectivity index (χ1) is 13.9. The maximum atomic E-state index is 12.9. The van der Waals surface area contributed by atoms with E-state index >= 15 is 0 Å². The number of rotatable bonds is 6. The molecule has 0 heterocycles. The number of carbonyl (C=O) groups is 2. The van der Waals surface area contributed by atoms with Crippen molar-refractivity contribution in [1.29, 1.82) is 0 Å². The Hall–Kier alpha value is -3.34. The lowest BCUT2D eigenvalue weighted by molar-refractivity contribution is 0.0948. The van der Waals surface area contributed by atoms with Crippen molar-refractivity contribution in [1.82, 2.24) is 5.32 Å². The van der Waals surface area contributed by atoms with Crippen molar-refractivity contribution < 1.29 is 9.59 Å². The zero-order valence-corrected chi connectivity index (χ0v) is 17.3. The predicted molar refractivity (Wildman–Crippen MR) is 120 cm³/mol. The van der Waals surface area contributed by atoms with Crippen molar-refractivity contribution in [2.24, 2.45) is 5.92 Å². The third-order valence-corrected chi connectivity index (χ3v) is 4.69. The molecule has 0 saturated heterocycles. The molecule has 29 heavy (non-hydrogen) atoms. The number of amides is 2. The summed E-state index contributed by atoms with van der Waals surface area (Å²) >= 11 is 0.